The van der Waals surface area contributed by atoms with E-state index in [-0.39, 0.29) is 25.5 Å². The molecule has 2 heterocycles. The number of carbonyl (C=O) groups is 4. The van der Waals surface area contributed by atoms with Crippen LogP contribution >= 0.6 is 0 Å². The van der Waals surface area contributed by atoms with E-state index in [9.17, 15) is 27.6 Å². The number of hydrogen-bond donors (Lipinski definition) is 3. The third-order valence-electron chi connectivity index (χ3n) is 11.7. The molecule has 1 saturated heterocycles. The summed E-state index contributed by atoms with van der Waals surface area (Å²) in [5.74, 6) is -2.24. The summed E-state index contributed by atoms with van der Waals surface area (Å²) >= 11 is 0. The number of hydrogen-bond acceptors (Lipinski definition) is 9. The van der Waals surface area contributed by atoms with E-state index in [0.29, 0.717) is 44.2 Å². The van der Waals surface area contributed by atoms with Gasteiger partial charge in [0.1, 0.15) is 29.8 Å². The maximum atomic E-state index is 14.5. The lowest BCUT2D eigenvalue weighted by molar-refractivity contribution is -0.141. The minimum absolute atomic E-state index is 0.00614. The Hall–Kier alpha value is -4.72. The first kappa shape index (κ1) is 39.5. The molecular formula is C42H53N5O8S. The first-order chi connectivity index (χ1) is 27.1. The van der Waals surface area contributed by atoms with Crippen LogP contribution in [0.5, 0.6) is 0 Å². The molecule has 1 unspecified atom stereocenters. The van der Waals surface area contributed by atoms with Crippen molar-refractivity contribution in [1.82, 2.24) is 20.3 Å². The third kappa shape index (κ3) is 9.11. The fraction of sp³-hybridized carbons (Fsp3) is 0.548. The number of carbonyl (C=O) groups excluding carboxylic acids is 4. The van der Waals surface area contributed by atoms with E-state index >= 15 is 0 Å². The summed E-state index contributed by atoms with van der Waals surface area (Å²) in [6.45, 7) is 1.99. The van der Waals surface area contributed by atoms with Gasteiger partial charge in [-0.2, -0.15) is 0 Å². The Morgan fingerprint density at radius 1 is 0.929 bits per heavy atom. The Kier molecular flexibility index (Phi) is 12.1. The molecule has 2 aliphatic heterocycles. The second-order valence-electron chi connectivity index (χ2n) is 15.8. The molecule has 2 aromatic rings. The Morgan fingerprint density at radius 2 is 1.66 bits per heavy atom. The van der Waals surface area contributed by atoms with Crippen molar-refractivity contribution in [2.24, 2.45) is 11.1 Å². The number of ether oxygens (including phenoxy) is 1. The smallest absolute Gasteiger partial charge is 0.408 e. The van der Waals surface area contributed by atoms with Gasteiger partial charge in [0.2, 0.25) is 21.8 Å². The van der Waals surface area contributed by atoms with Gasteiger partial charge < -0.3 is 25.1 Å². The second-order valence-corrected chi connectivity index (χ2v) is 17.8. The van der Waals surface area contributed by atoms with Crippen LogP contribution in [0.1, 0.15) is 102 Å². The normalized spacial score (nSPS) is 28.2. The number of amides is 4. The Bertz CT molecular complexity index is 1940. The highest BCUT2D eigenvalue weighted by atomic mass is 32.2. The lowest BCUT2D eigenvalue weighted by Crippen LogP contribution is -2.58. The minimum Gasteiger partial charge on any atom is -0.446 e. The summed E-state index contributed by atoms with van der Waals surface area (Å²) < 4.78 is 33.6. The largest absolute Gasteiger partial charge is 0.446 e. The van der Waals surface area contributed by atoms with Gasteiger partial charge in [-0.25, -0.2) is 13.2 Å². The number of oxime groups is 1. The zero-order valence-corrected chi connectivity index (χ0v) is 32.8. The molecule has 3 aliphatic carbocycles. The highest BCUT2D eigenvalue weighted by Gasteiger charge is 2.62. The van der Waals surface area contributed by atoms with Gasteiger partial charge in [0.15, 0.2) is 0 Å². The van der Waals surface area contributed by atoms with Crippen LogP contribution in [0.25, 0.3) is 11.1 Å². The predicted molar refractivity (Wildman–Crippen MR) is 211 cm³/mol. The molecule has 4 fully saturated rings. The number of nitrogens with zero attached hydrogens (tertiary/aromatic N) is 2. The fourth-order valence-electron chi connectivity index (χ4n) is 8.22. The highest BCUT2D eigenvalue weighted by molar-refractivity contribution is 7.91. The van der Waals surface area contributed by atoms with E-state index < -0.39 is 68.7 Å². The Balaban J connectivity index is 1.16. The summed E-state index contributed by atoms with van der Waals surface area (Å²) in [5.41, 5.74) is 2.12. The van der Waals surface area contributed by atoms with Crippen molar-refractivity contribution in [3.63, 3.8) is 0 Å². The van der Waals surface area contributed by atoms with Crippen molar-refractivity contribution in [3.05, 3.63) is 72.3 Å². The maximum absolute atomic E-state index is 14.5. The van der Waals surface area contributed by atoms with Crippen LogP contribution in [-0.4, -0.2) is 84.5 Å². The van der Waals surface area contributed by atoms with Gasteiger partial charge in [0.05, 0.1) is 17.5 Å². The fourth-order valence-corrected chi connectivity index (χ4v) is 9.58. The van der Waals surface area contributed by atoms with Crippen LogP contribution in [0.2, 0.25) is 0 Å². The topological polar surface area (TPSA) is 173 Å². The van der Waals surface area contributed by atoms with Gasteiger partial charge in [-0.05, 0) is 81.8 Å². The van der Waals surface area contributed by atoms with Crippen LogP contribution in [-0.2, 0) is 34.0 Å². The molecule has 3 saturated carbocycles. The molecule has 0 aromatic heterocycles. The van der Waals surface area contributed by atoms with Gasteiger partial charge >= 0.3 is 6.09 Å². The molecule has 0 spiro atoms. The van der Waals surface area contributed by atoms with Gasteiger partial charge in [-0.15, -0.1) is 0 Å². The average molecular weight is 788 g/mol. The Labute approximate surface area is 329 Å². The second kappa shape index (κ2) is 17.2. The summed E-state index contributed by atoms with van der Waals surface area (Å²) in [7, 11) is -3.88. The number of allylic oxidation sites excluding steroid dienone is 1. The van der Waals surface area contributed by atoms with Crippen molar-refractivity contribution in [2.75, 3.05) is 6.54 Å². The highest BCUT2D eigenvalue weighted by Crippen LogP contribution is 2.46. The molecule has 7 rings (SSSR count). The number of fused-ring (bicyclic) bond motifs is 2. The summed E-state index contributed by atoms with van der Waals surface area (Å²) in [5, 5.41) is 9.71. The van der Waals surface area contributed by atoms with Gasteiger partial charge in [0.25, 0.3) is 5.91 Å². The lowest BCUT2D eigenvalue weighted by atomic mass is 9.96. The minimum atomic E-state index is -3.88. The van der Waals surface area contributed by atoms with E-state index in [0.717, 1.165) is 55.2 Å². The molecule has 5 atom stereocenters. The SMILES string of the molecule is CC/C(=N\O[C@@H]1C[C@H]2C(=O)NC3(C(=O)NS(=O)(=O)C4CC4)C[C@H]3/C=C\CCCCC[C@H](NC(=O)OC3CCCC3)C(=O)N2C1)c1ccccc1-c1ccccc1. The van der Waals surface area contributed by atoms with E-state index in [4.69, 9.17) is 9.57 Å². The molecule has 56 heavy (non-hydrogen) atoms. The molecule has 13 nitrogen and oxygen atoms in total. The lowest BCUT2D eigenvalue weighted by Gasteiger charge is -2.30. The number of sulfonamides is 1. The first-order valence-corrected chi connectivity index (χ1v) is 21.8. The van der Waals surface area contributed by atoms with Crippen LogP contribution in [0.15, 0.2) is 71.9 Å². The van der Waals surface area contributed by atoms with Crippen LogP contribution in [0.3, 0.4) is 0 Å². The number of alkyl carbamates (subject to hydrolysis) is 1. The van der Waals surface area contributed by atoms with Crippen LogP contribution in [0, 0.1) is 5.92 Å². The van der Waals surface area contributed by atoms with E-state index in [1.165, 1.54) is 4.90 Å². The molecule has 4 amide bonds. The van der Waals surface area contributed by atoms with E-state index in [2.05, 4.69) is 20.5 Å². The van der Waals surface area contributed by atoms with Crippen molar-refractivity contribution in [3.8, 4) is 11.1 Å². The predicted octanol–water partition coefficient (Wildman–Crippen LogP) is 5.49. The third-order valence-corrected chi connectivity index (χ3v) is 13.5. The van der Waals surface area contributed by atoms with Crippen molar-refractivity contribution >= 4 is 39.5 Å². The summed E-state index contributed by atoms with van der Waals surface area (Å²) in [6, 6.07) is 15.8. The first-order valence-electron chi connectivity index (χ1n) is 20.3. The summed E-state index contributed by atoms with van der Waals surface area (Å²) in [6.07, 6.45) is 10.9. The molecule has 0 radical (unpaired) electrons. The molecule has 2 aromatic carbocycles. The standard InChI is InChI=1S/C42H53N5O8S/c1-2-35(34-21-14-13-20-33(34)28-15-7-6-8-16-28)45-55-31-25-37-38(48)44-42(40(50)46-56(52,53)32-23-24-32)26-29(42)17-9-4-3-5-10-22-36(39(49)47(37)27-31)43-41(51)54-30-18-11-12-19-30/h6-9,13-17,20-21,29-32,36-37H,2-5,10-12,18-19,22-27H2,1H3,(H,43,51)(H,44,48)(H,46,50)/b17-9-,45-35+/t29-,31-,36+,37+,42?/m1/s1. The van der Waals surface area contributed by atoms with Gasteiger partial charge in [0, 0.05) is 17.9 Å². The number of rotatable bonds is 10. The Morgan fingerprint density at radius 3 is 2.41 bits per heavy atom. The number of nitrogens with one attached hydrogen (secondary N) is 3. The van der Waals surface area contributed by atoms with E-state index in [1.54, 1.807) is 0 Å². The molecule has 14 heteroatoms. The van der Waals surface area contributed by atoms with Gasteiger partial charge in [-0.1, -0.05) is 91.7 Å². The molecular weight excluding hydrogens is 735 g/mol. The van der Waals surface area contributed by atoms with E-state index in [1.807, 2.05) is 73.7 Å². The average Bonchev–Trinajstić information content (AvgIpc) is 4.07. The summed E-state index contributed by atoms with van der Waals surface area (Å²) in [4.78, 5) is 63.4. The molecule has 3 N–H and O–H groups in total. The quantitative estimate of drug-likeness (QED) is 0.161. The molecule has 300 valence electrons. The molecule has 0 bridgehead atoms. The maximum Gasteiger partial charge on any atom is 0.408 e. The van der Waals surface area contributed by atoms with Gasteiger partial charge in [-0.3, -0.25) is 19.1 Å². The van der Waals surface area contributed by atoms with Crippen LogP contribution < -0.4 is 15.4 Å². The molecule has 5 aliphatic rings. The zero-order chi connectivity index (χ0) is 39.3. The van der Waals surface area contributed by atoms with Crippen molar-refractivity contribution in [2.45, 2.75) is 132 Å². The zero-order valence-electron chi connectivity index (χ0n) is 32.0. The van der Waals surface area contributed by atoms with Crippen molar-refractivity contribution in [1.29, 1.82) is 0 Å². The monoisotopic (exact) mass is 787 g/mol. The van der Waals surface area contributed by atoms with Crippen LogP contribution in [0.4, 0.5) is 4.79 Å². The number of benzene rings is 2. The van der Waals surface area contributed by atoms with Crippen molar-refractivity contribution < 1.29 is 37.2 Å².